The van der Waals surface area contributed by atoms with Gasteiger partial charge in [-0.15, -0.1) is 0 Å². The smallest absolute Gasteiger partial charge is 0.306 e. The Bertz CT molecular complexity index is 284. The average Bonchev–Trinajstić information content (AvgIpc) is 2.24. The summed E-state index contributed by atoms with van der Waals surface area (Å²) in [5, 5.41) is 0. The monoisotopic (exact) mass is 272 g/mol. The molecule has 2 atom stereocenters. The summed E-state index contributed by atoms with van der Waals surface area (Å²) in [7, 11) is 0. The van der Waals surface area contributed by atoms with E-state index in [0.717, 1.165) is 6.42 Å². The Morgan fingerprint density at radius 3 is 1.74 bits per heavy atom. The van der Waals surface area contributed by atoms with E-state index in [9.17, 15) is 9.59 Å². The van der Waals surface area contributed by atoms with Crippen molar-refractivity contribution in [1.29, 1.82) is 0 Å². The van der Waals surface area contributed by atoms with Crippen LogP contribution in [0.4, 0.5) is 0 Å². The molecule has 2 unspecified atom stereocenters. The number of carbonyl (C=O) groups excluding carboxylic acids is 2. The standard InChI is InChI=1S/C15H28O4/c1-10(2)9-12(5)18-14(16)7-8-15(17)19-13(6)11(3)4/h10-13H,7-9H2,1-6H3. The van der Waals surface area contributed by atoms with Gasteiger partial charge in [-0.05, 0) is 32.1 Å². The van der Waals surface area contributed by atoms with Gasteiger partial charge in [-0.3, -0.25) is 9.59 Å². The molecule has 0 aromatic carbocycles. The predicted octanol–water partition coefficient (Wildman–Crippen LogP) is 3.33. The van der Waals surface area contributed by atoms with Gasteiger partial charge in [-0.1, -0.05) is 27.7 Å². The molecule has 0 spiro atoms. The van der Waals surface area contributed by atoms with Crippen molar-refractivity contribution in [2.24, 2.45) is 11.8 Å². The highest BCUT2D eigenvalue weighted by molar-refractivity contribution is 5.77. The molecule has 0 aliphatic heterocycles. The molecule has 0 bridgehead atoms. The molecule has 4 nitrogen and oxygen atoms in total. The van der Waals surface area contributed by atoms with Crippen LogP contribution < -0.4 is 0 Å². The Labute approximate surface area is 116 Å². The van der Waals surface area contributed by atoms with E-state index in [0.29, 0.717) is 5.92 Å². The SMILES string of the molecule is CC(C)CC(C)OC(=O)CCC(=O)OC(C)C(C)C. The number of ether oxygens (including phenoxy) is 2. The number of hydrogen-bond acceptors (Lipinski definition) is 4. The maximum atomic E-state index is 11.5. The summed E-state index contributed by atoms with van der Waals surface area (Å²) in [6.07, 6.45) is 0.790. The quantitative estimate of drug-likeness (QED) is 0.636. The molecule has 0 rings (SSSR count). The number of rotatable bonds is 8. The van der Waals surface area contributed by atoms with Crippen molar-refractivity contribution < 1.29 is 19.1 Å². The van der Waals surface area contributed by atoms with E-state index >= 15 is 0 Å². The molecule has 0 saturated carbocycles. The Balaban J connectivity index is 3.87. The van der Waals surface area contributed by atoms with Crippen molar-refractivity contribution in [3.63, 3.8) is 0 Å². The van der Waals surface area contributed by atoms with Crippen LogP contribution in [0.2, 0.25) is 0 Å². The molecule has 0 aromatic rings. The van der Waals surface area contributed by atoms with Crippen LogP contribution in [-0.2, 0) is 19.1 Å². The van der Waals surface area contributed by atoms with Gasteiger partial charge in [0.2, 0.25) is 0 Å². The third-order valence-electron chi connectivity index (χ3n) is 2.93. The molecule has 0 aliphatic carbocycles. The highest BCUT2D eigenvalue weighted by Crippen LogP contribution is 2.10. The summed E-state index contributed by atoms with van der Waals surface area (Å²) in [6.45, 7) is 11.9. The highest BCUT2D eigenvalue weighted by Gasteiger charge is 2.16. The third-order valence-corrected chi connectivity index (χ3v) is 2.93. The Hall–Kier alpha value is -1.06. The van der Waals surface area contributed by atoms with Crippen LogP contribution in [0.25, 0.3) is 0 Å². The summed E-state index contributed by atoms with van der Waals surface area (Å²) in [4.78, 5) is 23.0. The fourth-order valence-electron chi connectivity index (χ4n) is 1.60. The first-order valence-corrected chi connectivity index (χ1v) is 7.11. The van der Waals surface area contributed by atoms with Crippen LogP contribution in [0, 0.1) is 11.8 Å². The van der Waals surface area contributed by atoms with Crippen molar-refractivity contribution in [3.05, 3.63) is 0 Å². The topological polar surface area (TPSA) is 52.6 Å². The molecule has 0 radical (unpaired) electrons. The van der Waals surface area contributed by atoms with Gasteiger partial charge in [0.1, 0.15) is 6.10 Å². The largest absolute Gasteiger partial charge is 0.463 e. The number of esters is 2. The van der Waals surface area contributed by atoms with E-state index in [2.05, 4.69) is 13.8 Å². The van der Waals surface area contributed by atoms with Crippen molar-refractivity contribution in [2.75, 3.05) is 0 Å². The lowest BCUT2D eigenvalue weighted by molar-refractivity contribution is -0.156. The molecular formula is C15H28O4. The van der Waals surface area contributed by atoms with Gasteiger partial charge in [-0.2, -0.15) is 0 Å². The molecule has 0 aromatic heterocycles. The van der Waals surface area contributed by atoms with Gasteiger partial charge in [0.15, 0.2) is 0 Å². The second-order valence-electron chi connectivity index (χ2n) is 5.87. The Morgan fingerprint density at radius 2 is 1.32 bits per heavy atom. The molecular weight excluding hydrogens is 244 g/mol. The Morgan fingerprint density at radius 1 is 0.842 bits per heavy atom. The van der Waals surface area contributed by atoms with Crippen molar-refractivity contribution >= 4 is 11.9 Å². The highest BCUT2D eigenvalue weighted by atomic mass is 16.5. The van der Waals surface area contributed by atoms with Gasteiger partial charge < -0.3 is 9.47 Å². The first-order chi connectivity index (χ1) is 8.72. The van der Waals surface area contributed by atoms with Gasteiger partial charge in [0, 0.05) is 0 Å². The van der Waals surface area contributed by atoms with Crippen LogP contribution in [0.5, 0.6) is 0 Å². The summed E-state index contributed by atoms with van der Waals surface area (Å²) < 4.78 is 10.4. The van der Waals surface area contributed by atoms with Gasteiger partial charge in [0.25, 0.3) is 0 Å². The van der Waals surface area contributed by atoms with Gasteiger partial charge in [0.05, 0.1) is 18.9 Å². The minimum Gasteiger partial charge on any atom is -0.463 e. The third kappa shape index (κ3) is 9.51. The zero-order valence-electron chi connectivity index (χ0n) is 13.1. The molecule has 0 amide bonds. The summed E-state index contributed by atoms with van der Waals surface area (Å²) in [6, 6.07) is 0. The van der Waals surface area contributed by atoms with Gasteiger partial charge in [-0.25, -0.2) is 0 Å². The van der Waals surface area contributed by atoms with E-state index in [1.807, 2.05) is 27.7 Å². The molecule has 0 N–H and O–H groups in total. The summed E-state index contributed by atoms with van der Waals surface area (Å²) in [5.41, 5.74) is 0. The van der Waals surface area contributed by atoms with E-state index in [1.54, 1.807) is 0 Å². The van der Waals surface area contributed by atoms with Crippen molar-refractivity contribution in [2.45, 2.75) is 73.0 Å². The first kappa shape index (κ1) is 17.9. The lowest BCUT2D eigenvalue weighted by Crippen LogP contribution is -2.22. The number of carbonyl (C=O) groups is 2. The van der Waals surface area contributed by atoms with Crippen LogP contribution in [0.3, 0.4) is 0 Å². The minimum atomic E-state index is -0.338. The maximum Gasteiger partial charge on any atom is 0.306 e. The van der Waals surface area contributed by atoms with Crippen LogP contribution in [0.1, 0.15) is 60.8 Å². The first-order valence-electron chi connectivity index (χ1n) is 7.11. The van der Waals surface area contributed by atoms with Crippen LogP contribution >= 0.6 is 0 Å². The van der Waals surface area contributed by atoms with Crippen LogP contribution in [-0.4, -0.2) is 24.1 Å². The fraction of sp³-hybridized carbons (Fsp3) is 0.867. The Kier molecular flexibility index (Phi) is 8.44. The normalized spacial score (nSPS) is 14.3. The van der Waals surface area contributed by atoms with Crippen molar-refractivity contribution in [3.8, 4) is 0 Å². The van der Waals surface area contributed by atoms with E-state index in [4.69, 9.17) is 9.47 Å². The minimum absolute atomic E-state index is 0.0876. The van der Waals surface area contributed by atoms with Crippen molar-refractivity contribution in [1.82, 2.24) is 0 Å². The fourth-order valence-corrected chi connectivity index (χ4v) is 1.60. The zero-order valence-corrected chi connectivity index (χ0v) is 13.1. The molecule has 0 saturated heterocycles. The summed E-state index contributed by atoms with van der Waals surface area (Å²) >= 11 is 0. The second kappa shape index (κ2) is 8.94. The van der Waals surface area contributed by atoms with Crippen LogP contribution in [0.15, 0.2) is 0 Å². The van der Waals surface area contributed by atoms with Gasteiger partial charge >= 0.3 is 11.9 Å². The number of hydrogen-bond donors (Lipinski definition) is 0. The molecule has 112 valence electrons. The second-order valence-corrected chi connectivity index (χ2v) is 5.87. The summed E-state index contributed by atoms with van der Waals surface area (Å²) in [5.74, 6) is 0.0959. The predicted molar refractivity (Wildman–Crippen MR) is 74.6 cm³/mol. The lowest BCUT2D eigenvalue weighted by Gasteiger charge is -2.17. The molecule has 0 aliphatic rings. The molecule has 19 heavy (non-hydrogen) atoms. The average molecular weight is 272 g/mol. The molecule has 4 heteroatoms. The molecule has 0 fully saturated rings. The van der Waals surface area contributed by atoms with E-state index < -0.39 is 0 Å². The van der Waals surface area contributed by atoms with E-state index in [-0.39, 0.29) is 42.9 Å². The maximum absolute atomic E-state index is 11.5. The van der Waals surface area contributed by atoms with E-state index in [1.165, 1.54) is 0 Å². The lowest BCUT2D eigenvalue weighted by atomic mass is 10.1. The zero-order chi connectivity index (χ0) is 15.0. The molecule has 0 heterocycles.